The summed E-state index contributed by atoms with van der Waals surface area (Å²) in [4.78, 5) is 11.7. The summed E-state index contributed by atoms with van der Waals surface area (Å²) in [5.74, 6) is 0.115. The molecule has 0 saturated heterocycles. The zero-order valence-electron chi connectivity index (χ0n) is 10.6. The molecule has 1 amide bonds. The first-order chi connectivity index (χ1) is 7.38. The zero-order valence-corrected chi connectivity index (χ0v) is 10.6. The van der Waals surface area contributed by atoms with Crippen LogP contribution in [0.25, 0.3) is 0 Å². The Bertz CT molecular complexity index is 338. The number of nitrogens with one attached hydrogen (secondary N) is 1. The third-order valence-electron chi connectivity index (χ3n) is 2.37. The first-order valence-corrected chi connectivity index (χ1v) is 5.73. The van der Waals surface area contributed by atoms with Gasteiger partial charge < -0.3 is 5.32 Å². The molecule has 0 spiro atoms. The lowest BCUT2D eigenvalue weighted by Crippen LogP contribution is -2.29. The van der Waals surface area contributed by atoms with Crippen LogP contribution in [0.5, 0.6) is 0 Å². The maximum Gasteiger partial charge on any atom is 0.220 e. The maximum atomic E-state index is 11.7. The zero-order chi connectivity index (χ0) is 12.2. The Hall–Kier alpha value is -1.31. The summed E-state index contributed by atoms with van der Waals surface area (Å²) in [5, 5.41) is 3.01. The third-order valence-corrected chi connectivity index (χ3v) is 2.37. The van der Waals surface area contributed by atoms with E-state index in [4.69, 9.17) is 0 Å². The number of amides is 1. The molecule has 2 nitrogen and oxygen atoms in total. The topological polar surface area (TPSA) is 29.1 Å². The highest BCUT2D eigenvalue weighted by Crippen LogP contribution is 2.19. The first kappa shape index (κ1) is 12.8. The van der Waals surface area contributed by atoms with Crippen LogP contribution in [0.1, 0.15) is 45.7 Å². The van der Waals surface area contributed by atoms with Gasteiger partial charge in [0, 0.05) is 6.42 Å². The molecule has 0 radical (unpaired) electrons. The Balaban J connectivity index is 2.52. The average Bonchev–Trinajstić information content (AvgIpc) is 2.16. The number of carbonyl (C=O) groups excluding carboxylic acids is 1. The predicted octanol–water partition coefficient (Wildman–Crippen LogP) is 3.30. The molecule has 1 N–H and O–H groups in total. The molecule has 1 atom stereocenters. The van der Waals surface area contributed by atoms with Crippen LogP contribution in [-0.4, -0.2) is 5.91 Å². The lowest BCUT2D eigenvalue weighted by molar-refractivity contribution is -0.123. The molecule has 0 aliphatic rings. The van der Waals surface area contributed by atoms with E-state index in [0.717, 1.165) is 5.56 Å². The van der Waals surface area contributed by atoms with Crippen LogP contribution >= 0.6 is 0 Å². The summed E-state index contributed by atoms with van der Waals surface area (Å²) in [6.45, 7) is 8.22. The van der Waals surface area contributed by atoms with E-state index in [9.17, 15) is 4.79 Å². The molecule has 0 saturated carbocycles. The third kappa shape index (κ3) is 4.47. The molecule has 0 heterocycles. The van der Waals surface area contributed by atoms with Crippen LogP contribution in [0.3, 0.4) is 0 Å². The number of hydrogen-bond acceptors (Lipinski definition) is 1. The molecule has 1 rings (SSSR count). The Labute approximate surface area is 98.1 Å². The molecule has 0 aliphatic heterocycles. The van der Waals surface area contributed by atoms with Crippen LogP contribution in [-0.2, 0) is 4.79 Å². The lowest BCUT2D eigenvalue weighted by atomic mass is 9.92. The van der Waals surface area contributed by atoms with Gasteiger partial charge in [-0.3, -0.25) is 4.79 Å². The Kier molecular flexibility index (Phi) is 4.11. The van der Waals surface area contributed by atoms with Gasteiger partial charge in [0.15, 0.2) is 0 Å². The first-order valence-electron chi connectivity index (χ1n) is 5.73. The van der Waals surface area contributed by atoms with Crippen molar-refractivity contribution < 1.29 is 4.79 Å². The van der Waals surface area contributed by atoms with Gasteiger partial charge in [0.25, 0.3) is 0 Å². The summed E-state index contributed by atoms with van der Waals surface area (Å²) in [5.41, 5.74) is 1.19. The molecule has 1 aromatic carbocycles. The molecule has 2 heteroatoms. The van der Waals surface area contributed by atoms with Gasteiger partial charge in [0.05, 0.1) is 6.04 Å². The van der Waals surface area contributed by atoms with Gasteiger partial charge in [-0.25, -0.2) is 0 Å². The summed E-state index contributed by atoms with van der Waals surface area (Å²) in [7, 11) is 0. The fourth-order valence-electron chi connectivity index (χ4n) is 1.60. The molecule has 0 bridgehead atoms. The minimum Gasteiger partial charge on any atom is -0.350 e. The fourth-order valence-corrected chi connectivity index (χ4v) is 1.60. The van der Waals surface area contributed by atoms with E-state index in [-0.39, 0.29) is 17.4 Å². The summed E-state index contributed by atoms with van der Waals surface area (Å²) >= 11 is 0. The minimum absolute atomic E-state index is 0.0422. The van der Waals surface area contributed by atoms with Gasteiger partial charge in [0.2, 0.25) is 5.91 Å². The van der Waals surface area contributed by atoms with E-state index >= 15 is 0 Å². The highest BCUT2D eigenvalue weighted by atomic mass is 16.1. The number of carbonyl (C=O) groups is 1. The molecule has 88 valence electrons. The second-order valence-electron chi connectivity index (χ2n) is 5.44. The van der Waals surface area contributed by atoms with E-state index in [2.05, 4.69) is 26.1 Å². The van der Waals surface area contributed by atoms with Crippen molar-refractivity contribution in [2.24, 2.45) is 5.41 Å². The van der Waals surface area contributed by atoms with Gasteiger partial charge >= 0.3 is 0 Å². The molecule has 0 aromatic heterocycles. The van der Waals surface area contributed by atoms with Crippen LogP contribution in [0, 0.1) is 5.41 Å². The van der Waals surface area contributed by atoms with Gasteiger partial charge in [-0.1, -0.05) is 51.1 Å². The van der Waals surface area contributed by atoms with Crippen molar-refractivity contribution in [1.29, 1.82) is 0 Å². The van der Waals surface area contributed by atoms with Gasteiger partial charge in [-0.2, -0.15) is 0 Å². The molecule has 16 heavy (non-hydrogen) atoms. The average molecular weight is 219 g/mol. The van der Waals surface area contributed by atoms with Crippen molar-refractivity contribution in [3.63, 3.8) is 0 Å². The smallest absolute Gasteiger partial charge is 0.220 e. The Morgan fingerprint density at radius 1 is 1.25 bits per heavy atom. The molecule has 1 unspecified atom stereocenters. The Morgan fingerprint density at radius 3 is 2.31 bits per heavy atom. The largest absolute Gasteiger partial charge is 0.350 e. The quantitative estimate of drug-likeness (QED) is 0.830. The second-order valence-corrected chi connectivity index (χ2v) is 5.44. The predicted molar refractivity (Wildman–Crippen MR) is 67.1 cm³/mol. The van der Waals surface area contributed by atoms with Crippen LogP contribution in [0.2, 0.25) is 0 Å². The standard InChI is InChI=1S/C14H21NO/c1-11(12-8-6-5-7-9-12)15-13(16)10-14(2,3)4/h5-9,11H,10H2,1-4H3,(H,15,16). The SMILES string of the molecule is CC(NC(=O)CC(C)(C)C)c1ccccc1. The van der Waals surface area contributed by atoms with Gasteiger partial charge in [-0.15, -0.1) is 0 Å². The van der Waals surface area contributed by atoms with Crippen molar-refractivity contribution in [2.45, 2.75) is 40.2 Å². The van der Waals surface area contributed by atoms with E-state index in [1.54, 1.807) is 0 Å². The molecule has 0 fully saturated rings. The molecular weight excluding hydrogens is 198 g/mol. The fraction of sp³-hybridized carbons (Fsp3) is 0.500. The van der Waals surface area contributed by atoms with E-state index in [0.29, 0.717) is 6.42 Å². The number of rotatable bonds is 3. The van der Waals surface area contributed by atoms with Gasteiger partial charge in [-0.05, 0) is 17.9 Å². The Morgan fingerprint density at radius 2 is 1.81 bits per heavy atom. The summed E-state index contributed by atoms with van der Waals surface area (Å²) < 4.78 is 0. The van der Waals surface area contributed by atoms with Gasteiger partial charge in [0.1, 0.15) is 0 Å². The van der Waals surface area contributed by atoms with Crippen molar-refractivity contribution in [3.05, 3.63) is 35.9 Å². The number of benzene rings is 1. The van der Waals surface area contributed by atoms with Crippen molar-refractivity contribution in [2.75, 3.05) is 0 Å². The van der Waals surface area contributed by atoms with E-state index in [1.165, 1.54) is 0 Å². The van der Waals surface area contributed by atoms with Crippen LogP contribution in [0.4, 0.5) is 0 Å². The minimum atomic E-state index is 0.0422. The molecule has 1 aromatic rings. The second kappa shape index (κ2) is 5.15. The van der Waals surface area contributed by atoms with Crippen molar-refractivity contribution in [1.82, 2.24) is 5.32 Å². The van der Waals surface area contributed by atoms with E-state index in [1.807, 2.05) is 37.3 Å². The highest BCUT2D eigenvalue weighted by molar-refractivity contribution is 5.77. The molecule has 0 aliphatic carbocycles. The van der Waals surface area contributed by atoms with Crippen molar-refractivity contribution in [3.8, 4) is 0 Å². The monoisotopic (exact) mass is 219 g/mol. The normalized spacial score (nSPS) is 13.2. The maximum absolute atomic E-state index is 11.7. The lowest BCUT2D eigenvalue weighted by Gasteiger charge is -2.20. The highest BCUT2D eigenvalue weighted by Gasteiger charge is 2.17. The van der Waals surface area contributed by atoms with Crippen molar-refractivity contribution >= 4 is 5.91 Å². The van der Waals surface area contributed by atoms with E-state index < -0.39 is 0 Å². The summed E-state index contributed by atoms with van der Waals surface area (Å²) in [6.07, 6.45) is 0.560. The number of hydrogen-bond donors (Lipinski definition) is 1. The van der Waals surface area contributed by atoms with Crippen LogP contribution < -0.4 is 5.32 Å². The molecular formula is C14H21NO. The summed E-state index contributed by atoms with van der Waals surface area (Å²) in [6, 6.07) is 10.1. The van der Waals surface area contributed by atoms with Crippen LogP contribution in [0.15, 0.2) is 30.3 Å².